The van der Waals surface area contributed by atoms with Crippen molar-refractivity contribution >= 4 is 34.1 Å². The number of methoxy groups -OCH3 is 1. The van der Waals surface area contributed by atoms with E-state index in [2.05, 4.69) is 25.3 Å². The Kier molecular flexibility index (Phi) is 7.20. The highest BCUT2D eigenvalue weighted by Crippen LogP contribution is 2.32. The zero-order valence-electron chi connectivity index (χ0n) is 17.9. The first-order chi connectivity index (χ1) is 16.4. The molecule has 0 aliphatic carbocycles. The van der Waals surface area contributed by atoms with Crippen molar-refractivity contribution in [1.29, 1.82) is 0 Å². The molecule has 11 heteroatoms. The van der Waals surface area contributed by atoms with E-state index in [1.165, 1.54) is 18.5 Å². The third-order valence-electron chi connectivity index (χ3n) is 4.87. The number of nitrogens with one attached hydrogen (secondary N) is 1. The molecule has 0 spiro atoms. The van der Waals surface area contributed by atoms with Gasteiger partial charge in [0.25, 0.3) is 0 Å². The third-order valence-corrected chi connectivity index (χ3v) is 5.19. The standard InChI is InChI=1S/C23H19ClF3N5O2/c1-33-11-12-34-20(19-17(24)3-2-10-28-19)18-9-8-16-21(29-13-30-22(16)32-18)31-15-6-4-14(5-7-15)23(25,26)27/h2-10,13,20H,11-12H2,1H3,(H,29,30,31,32). The van der Waals surface area contributed by atoms with Gasteiger partial charge in [-0.3, -0.25) is 4.98 Å². The molecule has 176 valence electrons. The van der Waals surface area contributed by atoms with Crippen molar-refractivity contribution in [2.45, 2.75) is 12.3 Å². The van der Waals surface area contributed by atoms with Crippen LogP contribution in [-0.2, 0) is 15.7 Å². The van der Waals surface area contributed by atoms with Gasteiger partial charge >= 0.3 is 6.18 Å². The molecule has 0 saturated carbocycles. The summed E-state index contributed by atoms with van der Waals surface area (Å²) < 4.78 is 49.5. The lowest BCUT2D eigenvalue weighted by molar-refractivity contribution is -0.137. The first-order valence-corrected chi connectivity index (χ1v) is 10.5. The van der Waals surface area contributed by atoms with Crippen LogP contribution < -0.4 is 5.32 Å². The molecule has 0 fully saturated rings. The first-order valence-electron chi connectivity index (χ1n) is 10.1. The van der Waals surface area contributed by atoms with Gasteiger partial charge in [-0.2, -0.15) is 13.2 Å². The molecular weight excluding hydrogens is 471 g/mol. The summed E-state index contributed by atoms with van der Waals surface area (Å²) in [5.74, 6) is 0.400. The number of pyridine rings is 2. The number of aromatic nitrogens is 4. The highest BCUT2D eigenvalue weighted by molar-refractivity contribution is 6.31. The van der Waals surface area contributed by atoms with Crippen molar-refractivity contribution in [2.75, 3.05) is 25.6 Å². The smallest absolute Gasteiger partial charge is 0.382 e. The fourth-order valence-corrected chi connectivity index (χ4v) is 3.45. The van der Waals surface area contributed by atoms with Gasteiger partial charge in [-0.25, -0.2) is 15.0 Å². The van der Waals surface area contributed by atoms with Gasteiger partial charge in [0.15, 0.2) is 5.65 Å². The zero-order chi connectivity index (χ0) is 24.1. The maximum absolute atomic E-state index is 12.8. The lowest BCUT2D eigenvalue weighted by Gasteiger charge is -2.18. The second-order valence-corrected chi connectivity index (χ2v) is 7.55. The number of halogens is 4. The molecule has 1 aromatic carbocycles. The minimum atomic E-state index is -4.40. The minimum absolute atomic E-state index is 0.290. The maximum atomic E-state index is 12.8. The van der Waals surface area contributed by atoms with E-state index in [1.807, 2.05) is 0 Å². The van der Waals surface area contributed by atoms with E-state index in [0.29, 0.717) is 45.6 Å². The van der Waals surface area contributed by atoms with Crippen LogP contribution in [0.1, 0.15) is 23.1 Å². The van der Waals surface area contributed by atoms with Gasteiger partial charge in [-0.1, -0.05) is 11.6 Å². The summed E-state index contributed by atoms with van der Waals surface area (Å²) in [5.41, 5.74) is 1.12. The molecule has 4 aromatic rings. The van der Waals surface area contributed by atoms with E-state index in [0.717, 1.165) is 12.1 Å². The van der Waals surface area contributed by atoms with Gasteiger partial charge in [-0.15, -0.1) is 0 Å². The number of benzene rings is 1. The van der Waals surface area contributed by atoms with Crippen LogP contribution in [0.2, 0.25) is 5.02 Å². The summed E-state index contributed by atoms with van der Waals surface area (Å²) in [4.78, 5) is 17.4. The Balaban J connectivity index is 1.65. The number of fused-ring (bicyclic) bond motifs is 1. The van der Waals surface area contributed by atoms with E-state index >= 15 is 0 Å². The van der Waals surface area contributed by atoms with Crippen molar-refractivity contribution in [3.63, 3.8) is 0 Å². The van der Waals surface area contributed by atoms with E-state index < -0.39 is 17.8 Å². The van der Waals surface area contributed by atoms with Crippen LogP contribution >= 0.6 is 11.6 Å². The number of anilines is 2. The molecule has 0 radical (unpaired) electrons. The van der Waals surface area contributed by atoms with Crippen LogP contribution in [0.3, 0.4) is 0 Å². The molecular formula is C23H19ClF3N5O2. The third kappa shape index (κ3) is 5.41. The highest BCUT2D eigenvalue weighted by atomic mass is 35.5. The van der Waals surface area contributed by atoms with Crippen LogP contribution in [0.15, 0.2) is 61.1 Å². The van der Waals surface area contributed by atoms with Gasteiger partial charge in [-0.05, 0) is 48.5 Å². The Morgan fingerprint density at radius 2 is 1.79 bits per heavy atom. The molecule has 7 nitrogen and oxygen atoms in total. The Morgan fingerprint density at radius 1 is 1.00 bits per heavy atom. The fourth-order valence-electron chi connectivity index (χ4n) is 3.23. The van der Waals surface area contributed by atoms with Crippen LogP contribution in [0.25, 0.3) is 11.0 Å². The molecule has 0 saturated heterocycles. The second kappa shape index (κ2) is 10.3. The molecule has 0 aliphatic rings. The van der Waals surface area contributed by atoms with Crippen LogP contribution in [0.5, 0.6) is 0 Å². The van der Waals surface area contributed by atoms with Crippen LogP contribution in [0, 0.1) is 0 Å². The van der Waals surface area contributed by atoms with E-state index in [1.54, 1.807) is 37.6 Å². The monoisotopic (exact) mass is 489 g/mol. The Hall–Kier alpha value is -3.34. The number of ether oxygens (including phenoxy) is 2. The van der Waals surface area contributed by atoms with Crippen molar-refractivity contribution in [3.05, 3.63) is 83.0 Å². The molecule has 3 heterocycles. The predicted molar refractivity (Wildman–Crippen MR) is 121 cm³/mol. The molecule has 4 rings (SSSR count). The largest absolute Gasteiger partial charge is 0.416 e. The maximum Gasteiger partial charge on any atom is 0.416 e. The number of alkyl halides is 3. The van der Waals surface area contributed by atoms with Gasteiger partial charge in [0.2, 0.25) is 0 Å². The molecule has 34 heavy (non-hydrogen) atoms. The fraction of sp³-hybridized carbons (Fsp3) is 0.217. The number of hydrogen-bond donors (Lipinski definition) is 1. The van der Waals surface area contributed by atoms with Crippen molar-refractivity contribution in [3.8, 4) is 0 Å². The quantitative estimate of drug-likeness (QED) is 0.323. The van der Waals surface area contributed by atoms with Crippen molar-refractivity contribution in [2.24, 2.45) is 0 Å². The lowest BCUT2D eigenvalue weighted by atomic mass is 10.1. The SMILES string of the molecule is COCCOC(c1ccc2c(Nc3ccc(C(F)(F)F)cc3)ncnc2n1)c1ncccc1Cl. The van der Waals surface area contributed by atoms with Crippen molar-refractivity contribution in [1.82, 2.24) is 19.9 Å². The average Bonchev–Trinajstić information content (AvgIpc) is 2.82. The molecule has 1 unspecified atom stereocenters. The molecule has 3 aromatic heterocycles. The summed E-state index contributed by atoms with van der Waals surface area (Å²) in [7, 11) is 1.57. The second-order valence-electron chi connectivity index (χ2n) is 7.14. The summed E-state index contributed by atoms with van der Waals surface area (Å²) in [6.45, 7) is 0.663. The molecule has 1 atom stereocenters. The van der Waals surface area contributed by atoms with Crippen LogP contribution in [0.4, 0.5) is 24.7 Å². The number of nitrogens with zero attached hydrogens (tertiary/aromatic N) is 4. The molecule has 0 aliphatic heterocycles. The normalized spacial score (nSPS) is 12.6. The minimum Gasteiger partial charge on any atom is -0.382 e. The van der Waals surface area contributed by atoms with E-state index in [4.69, 9.17) is 21.1 Å². The molecule has 0 bridgehead atoms. The predicted octanol–water partition coefficient (Wildman–Crippen LogP) is 5.59. The summed E-state index contributed by atoms with van der Waals surface area (Å²) in [6, 6.07) is 11.6. The first kappa shape index (κ1) is 23.8. The molecule has 1 N–H and O–H groups in total. The van der Waals surface area contributed by atoms with Crippen molar-refractivity contribution < 1.29 is 22.6 Å². The number of hydrogen-bond acceptors (Lipinski definition) is 7. The Labute approximate surface area is 198 Å². The van der Waals surface area contributed by atoms with Gasteiger partial charge < -0.3 is 14.8 Å². The van der Waals surface area contributed by atoms with E-state index in [-0.39, 0.29) is 6.61 Å². The molecule has 0 amide bonds. The Bertz CT molecular complexity index is 1270. The van der Waals surface area contributed by atoms with Gasteiger partial charge in [0.1, 0.15) is 18.2 Å². The van der Waals surface area contributed by atoms with E-state index in [9.17, 15) is 13.2 Å². The highest BCUT2D eigenvalue weighted by Gasteiger charge is 2.30. The summed E-state index contributed by atoms with van der Waals surface area (Å²) in [6.07, 6.45) is -2.13. The van der Waals surface area contributed by atoms with Gasteiger partial charge in [0, 0.05) is 19.0 Å². The number of rotatable bonds is 8. The summed E-state index contributed by atoms with van der Waals surface area (Å²) >= 11 is 6.35. The van der Waals surface area contributed by atoms with Gasteiger partial charge in [0.05, 0.1) is 40.6 Å². The topological polar surface area (TPSA) is 82.0 Å². The summed E-state index contributed by atoms with van der Waals surface area (Å²) in [5, 5.41) is 4.02. The van der Waals surface area contributed by atoms with Crippen LogP contribution in [-0.4, -0.2) is 40.3 Å². The Morgan fingerprint density at radius 3 is 2.50 bits per heavy atom. The zero-order valence-corrected chi connectivity index (χ0v) is 18.6. The average molecular weight is 490 g/mol. The lowest BCUT2D eigenvalue weighted by Crippen LogP contribution is -2.14.